The predicted octanol–water partition coefficient (Wildman–Crippen LogP) is 3.69. The summed E-state index contributed by atoms with van der Waals surface area (Å²) < 4.78 is 1.79. The van der Waals surface area contributed by atoms with Crippen molar-refractivity contribution in [3.05, 3.63) is 58.4 Å². The molecule has 1 aromatic carbocycles. The second-order valence-electron chi connectivity index (χ2n) is 6.87. The molecule has 0 aliphatic rings. The van der Waals surface area contributed by atoms with Crippen molar-refractivity contribution in [2.24, 2.45) is 7.05 Å². The highest BCUT2D eigenvalue weighted by atomic mass is 35.5. The van der Waals surface area contributed by atoms with Crippen molar-refractivity contribution in [3.63, 3.8) is 0 Å². The van der Waals surface area contributed by atoms with E-state index in [1.54, 1.807) is 34.9 Å². The van der Waals surface area contributed by atoms with Gasteiger partial charge >= 0.3 is 0 Å². The van der Waals surface area contributed by atoms with Crippen molar-refractivity contribution in [2.45, 2.75) is 33.1 Å². The third kappa shape index (κ3) is 6.21. The Morgan fingerprint density at radius 3 is 2.36 bits per heavy atom. The second-order valence-corrected chi connectivity index (χ2v) is 7.30. The fraction of sp³-hybridized carbons (Fsp3) is 0.455. The van der Waals surface area contributed by atoms with E-state index in [1.807, 2.05) is 13.1 Å². The van der Waals surface area contributed by atoms with Crippen molar-refractivity contribution in [3.8, 4) is 0 Å². The highest BCUT2D eigenvalue weighted by Gasteiger charge is 2.16. The number of nitrogens with one attached hydrogen (secondary N) is 1. The quantitative estimate of drug-likeness (QED) is 0.460. The lowest BCUT2D eigenvalue weighted by Gasteiger charge is -2.17. The van der Waals surface area contributed by atoms with E-state index in [1.165, 1.54) is 0 Å². The normalized spacial score (nSPS) is 11.0. The van der Waals surface area contributed by atoms with Gasteiger partial charge in [-0.05, 0) is 68.9 Å². The number of unbranched alkanes of at least 4 members (excludes halogenated alkanes) is 1. The molecule has 2 rings (SSSR count). The molecule has 0 aliphatic carbocycles. The summed E-state index contributed by atoms with van der Waals surface area (Å²) in [4.78, 5) is 27.3. The zero-order chi connectivity index (χ0) is 20.5. The lowest BCUT2D eigenvalue weighted by atomic mass is 10.1. The molecule has 0 fully saturated rings. The van der Waals surface area contributed by atoms with Crippen LogP contribution in [0.4, 0.5) is 0 Å². The molecule has 1 heterocycles. The summed E-state index contributed by atoms with van der Waals surface area (Å²) >= 11 is 5.88. The summed E-state index contributed by atoms with van der Waals surface area (Å²) in [7, 11) is 1.82. The van der Waals surface area contributed by atoms with Crippen LogP contribution in [0.5, 0.6) is 0 Å². The molecule has 152 valence electrons. The standard InChI is InChI=1S/C22H30ClN3O2/c1-4-26(5-2)15-7-6-14-24-21(27)16-19-12-13-20(25(19)3)22(28)17-8-10-18(23)11-9-17/h8-13H,4-7,14-16H2,1-3H3,(H,24,27). The molecule has 0 unspecified atom stereocenters. The van der Waals surface area contributed by atoms with Crippen molar-refractivity contribution >= 4 is 23.3 Å². The van der Waals surface area contributed by atoms with Gasteiger partial charge in [0.2, 0.25) is 11.7 Å². The molecule has 1 N–H and O–H groups in total. The van der Waals surface area contributed by atoms with Crippen LogP contribution in [0.25, 0.3) is 0 Å². The van der Waals surface area contributed by atoms with Gasteiger partial charge in [-0.3, -0.25) is 9.59 Å². The van der Waals surface area contributed by atoms with Crippen molar-refractivity contribution in [2.75, 3.05) is 26.2 Å². The molecule has 5 nitrogen and oxygen atoms in total. The Morgan fingerprint density at radius 2 is 1.71 bits per heavy atom. The number of nitrogens with zero attached hydrogens (tertiary/aromatic N) is 2. The molecule has 0 spiro atoms. The highest BCUT2D eigenvalue weighted by molar-refractivity contribution is 6.30. The Morgan fingerprint density at radius 1 is 1.04 bits per heavy atom. The summed E-state index contributed by atoms with van der Waals surface area (Å²) in [6, 6.07) is 10.4. The Balaban J connectivity index is 1.84. The molecule has 0 aliphatic heterocycles. The molecule has 6 heteroatoms. The van der Waals surface area contributed by atoms with Gasteiger partial charge in [0.15, 0.2) is 0 Å². The fourth-order valence-corrected chi connectivity index (χ4v) is 3.29. The van der Waals surface area contributed by atoms with E-state index >= 15 is 0 Å². The number of hydrogen-bond acceptors (Lipinski definition) is 3. The lowest BCUT2D eigenvalue weighted by Crippen LogP contribution is -2.28. The monoisotopic (exact) mass is 403 g/mol. The first-order valence-electron chi connectivity index (χ1n) is 9.90. The number of amides is 1. The average Bonchev–Trinajstić information content (AvgIpc) is 3.05. The first-order valence-corrected chi connectivity index (χ1v) is 10.3. The van der Waals surface area contributed by atoms with Crippen molar-refractivity contribution in [1.82, 2.24) is 14.8 Å². The van der Waals surface area contributed by atoms with E-state index < -0.39 is 0 Å². The smallest absolute Gasteiger partial charge is 0.225 e. The van der Waals surface area contributed by atoms with Gasteiger partial charge in [-0.2, -0.15) is 0 Å². The van der Waals surface area contributed by atoms with E-state index in [9.17, 15) is 9.59 Å². The number of carbonyl (C=O) groups is 2. The van der Waals surface area contributed by atoms with Gasteiger partial charge in [0.25, 0.3) is 0 Å². The average molecular weight is 404 g/mol. The van der Waals surface area contributed by atoms with Gasteiger partial charge in [0, 0.05) is 29.9 Å². The Labute approximate surface area is 172 Å². The third-order valence-corrected chi connectivity index (χ3v) is 5.28. The third-order valence-electron chi connectivity index (χ3n) is 5.02. The van der Waals surface area contributed by atoms with Crippen LogP contribution >= 0.6 is 11.6 Å². The molecule has 28 heavy (non-hydrogen) atoms. The maximum Gasteiger partial charge on any atom is 0.225 e. The second kappa shape index (κ2) is 11.0. The molecule has 1 aromatic heterocycles. The first kappa shape index (κ1) is 22.2. The van der Waals surface area contributed by atoms with E-state index in [0.717, 1.165) is 38.2 Å². The number of hydrogen-bond donors (Lipinski definition) is 1. The number of benzene rings is 1. The number of aromatic nitrogens is 1. The summed E-state index contributed by atoms with van der Waals surface area (Å²) in [5.74, 6) is -0.100. The van der Waals surface area contributed by atoms with E-state index in [2.05, 4.69) is 24.1 Å². The largest absolute Gasteiger partial charge is 0.356 e. The summed E-state index contributed by atoms with van der Waals surface area (Å²) in [6.45, 7) is 8.20. The minimum atomic E-state index is -0.0813. The number of rotatable bonds is 11. The molecule has 0 saturated carbocycles. The van der Waals surface area contributed by atoms with Crippen LogP contribution in [0.15, 0.2) is 36.4 Å². The number of halogens is 1. The maximum absolute atomic E-state index is 12.7. The predicted molar refractivity (Wildman–Crippen MR) is 114 cm³/mol. The number of carbonyl (C=O) groups excluding carboxylic acids is 2. The van der Waals surface area contributed by atoms with Gasteiger partial charge in [0.1, 0.15) is 0 Å². The molecule has 0 atom stereocenters. The minimum absolute atomic E-state index is 0.0190. The maximum atomic E-state index is 12.7. The van der Waals surface area contributed by atoms with Crippen molar-refractivity contribution < 1.29 is 9.59 Å². The summed E-state index contributed by atoms with van der Waals surface area (Å²) in [5, 5.41) is 3.57. The molecular formula is C22H30ClN3O2. The molecular weight excluding hydrogens is 374 g/mol. The number of ketones is 1. The topological polar surface area (TPSA) is 54.3 Å². The van der Waals surface area contributed by atoms with Crippen LogP contribution in [0.3, 0.4) is 0 Å². The molecule has 2 aromatic rings. The minimum Gasteiger partial charge on any atom is -0.356 e. The van der Waals surface area contributed by atoms with Gasteiger partial charge in [-0.25, -0.2) is 0 Å². The molecule has 0 saturated heterocycles. The van der Waals surface area contributed by atoms with Crippen LogP contribution < -0.4 is 5.32 Å². The van der Waals surface area contributed by atoms with Crippen LogP contribution in [0, 0.1) is 0 Å². The zero-order valence-electron chi connectivity index (χ0n) is 17.0. The Kier molecular flexibility index (Phi) is 8.74. The van der Waals surface area contributed by atoms with Gasteiger partial charge in [-0.15, -0.1) is 0 Å². The van der Waals surface area contributed by atoms with Gasteiger partial charge in [0.05, 0.1) is 12.1 Å². The Bertz CT molecular complexity index is 780. The van der Waals surface area contributed by atoms with Gasteiger partial charge < -0.3 is 14.8 Å². The SMILES string of the molecule is CCN(CC)CCCCNC(=O)Cc1ccc(C(=O)c2ccc(Cl)cc2)n1C. The van der Waals surface area contributed by atoms with Crippen LogP contribution in [-0.2, 0) is 18.3 Å². The molecule has 1 amide bonds. The Hall–Kier alpha value is -2.11. The van der Waals surface area contributed by atoms with Crippen LogP contribution in [0.2, 0.25) is 5.02 Å². The fourth-order valence-electron chi connectivity index (χ4n) is 3.16. The van der Waals surface area contributed by atoms with E-state index in [0.29, 0.717) is 22.8 Å². The van der Waals surface area contributed by atoms with E-state index in [-0.39, 0.29) is 18.1 Å². The lowest BCUT2D eigenvalue weighted by molar-refractivity contribution is -0.120. The first-order chi connectivity index (χ1) is 13.5. The molecule has 0 radical (unpaired) electrons. The highest BCUT2D eigenvalue weighted by Crippen LogP contribution is 2.16. The van der Waals surface area contributed by atoms with E-state index in [4.69, 9.17) is 11.6 Å². The van der Waals surface area contributed by atoms with Crippen LogP contribution in [0.1, 0.15) is 48.4 Å². The van der Waals surface area contributed by atoms with Crippen molar-refractivity contribution in [1.29, 1.82) is 0 Å². The van der Waals surface area contributed by atoms with Crippen LogP contribution in [-0.4, -0.2) is 47.3 Å². The zero-order valence-corrected chi connectivity index (χ0v) is 17.8. The van der Waals surface area contributed by atoms with Gasteiger partial charge in [-0.1, -0.05) is 25.4 Å². The summed E-state index contributed by atoms with van der Waals surface area (Å²) in [6.07, 6.45) is 2.31. The summed E-state index contributed by atoms with van der Waals surface area (Å²) in [5.41, 5.74) is 1.96. The molecule has 0 bridgehead atoms.